The predicted molar refractivity (Wildman–Crippen MR) is 77.4 cm³/mol. The van der Waals surface area contributed by atoms with Gasteiger partial charge in [0.15, 0.2) is 0 Å². The van der Waals surface area contributed by atoms with Gasteiger partial charge in [-0.2, -0.15) is 13.2 Å². The Balaban J connectivity index is 2.86. The smallest absolute Gasteiger partial charge is 0.388 e. The largest absolute Gasteiger partial charge is 0.418 e. The third-order valence-corrected chi connectivity index (χ3v) is 3.02. The number of halogens is 3. The van der Waals surface area contributed by atoms with Gasteiger partial charge in [0.1, 0.15) is 0 Å². The Labute approximate surface area is 122 Å². The molecule has 0 heterocycles. The number of hydrogen-bond acceptors (Lipinski definition) is 2. The molecule has 0 aromatic heterocycles. The van der Waals surface area contributed by atoms with Gasteiger partial charge < -0.3 is 10.6 Å². The van der Waals surface area contributed by atoms with Crippen molar-refractivity contribution in [1.29, 1.82) is 0 Å². The molecule has 0 bridgehead atoms. The molecule has 0 unspecified atom stereocenters. The predicted octanol–water partition coefficient (Wildman–Crippen LogP) is 3.91. The minimum Gasteiger partial charge on any atom is -0.388 e. The lowest BCUT2D eigenvalue weighted by molar-refractivity contribution is -0.136. The number of benzene rings is 1. The highest BCUT2D eigenvalue weighted by molar-refractivity contribution is 5.95. The molecule has 0 saturated heterocycles. The Bertz CT molecular complexity index is 505. The molecule has 118 valence electrons. The molecule has 6 heteroatoms. The van der Waals surface area contributed by atoms with Gasteiger partial charge in [0.2, 0.25) is 0 Å². The first-order chi connectivity index (χ1) is 9.54. The summed E-state index contributed by atoms with van der Waals surface area (Å²) in [5.41, 5.74) is -0.821. The van der Waals surface area contributed by atoms with Gasteiger partial charge in [-0.3, -0.25) is 4.79 Å². The Morgan fingerprint density at radius 1 is 1.19 bits per heavy atom. The summed E-state index contributed by atoms with van der Waals surface area (Å²) in [6.07, 6.45) is -3.75. The molecule has 0 fully saturated rings. The average molecular weight is 302 g/mol. The van der Waals surface area contributed by atoms with Crippen molar-refractivity contribution >= 4 is 11.6 Å². The van der Waals surface area contributed by atoms with Crippen molar-refractivity contribution < 1.29 is 18.0 Å². The minimum absolute atomic E-state index is 0.00948. The van der Waals surface area contributed by atoms with Crippen LogP contribution in [0.4, 0.5) is 18.9 Å². The van der Waals surface area contributed by atoms with Crippen LogP contribution in [0.25, 0.3) is 0 Å². The summed E-state index contributed by atoms with van der Waals surface area (Å²) < 4.78 is 38.7. The summed E-state index contributed by atoms with van der Waals surface area (Å²) in [6.45, 7) is 6.52. The van der Waals surface area contributed by atoms with E-state index in [1.807, 2.05) is 20.8 Å². The van der Waals surface area contributed by atoms with E-state index in [-0.39, 0.29) is 16.7 Å². The average Bonchev–Trinajstić information content (AvgIpc) is 2.35. The second kappa shape index (κ2) is 6.37. The topological polar surface area (TPSA) is 41.1 Å². The zero-order chi connectivity index (χ0) is 16.3. The molecular weight excluding hydrogens is 281 g/mol. The molecule has 21 heavy (non-hydrogen) atoms. The molecule has 1 amide bonds. The highest BCUT2D eigenvalue weighted by Crippen LogP contribution is 2.35. The van der Waals surface area contributed by atoms with Crippen molar-refractivity contribution in [3.8, 4) is 0 Å². The lowest BCUT2D eigenvalue weighted by Crippen LogP contribution is -2.27. The fraction of sp³-hybridized carbons (Fsp3) is 0.533. The van der Waals surface area contributed by atoms with Crippen LogP contribution >= 0.6 is 0 Å². The van der Waals surface area contributed by atoms with Gasteiger partial charge in [0.25, 0.3) is 5.91 Å². The molecule has 1 aromatic rings. The van der Waals surface area contributed by atoms with Crippen LogP contribution in [0, 0.1) is 5.41 Å². The zero-order valence-electron chi connectivity index (χ0n) is 12.7. The van der Waals surface area contributed by atoms with E-state index in [0.717, 1.165) is 12.5 Å². The van der Waals surface area contributed by atoms with Crippen LogP contribution in [0.5, 0.6) is 0 Å². The number of anilines is 1. The standard InChI is InChI=1S/C15H21F3N2O/c1-14(2,3)7-8-20-13(21)10-5-6-12(19-4)11(9-10)15(16,17)18/h5-6,9,19H,7-8H2,1-4H3,(H,20,21). The van der Waals surface area contributed by atoms with Gasteiger partial charge in [-0.25, -0.2) is 0 Å². The van der Waals surface area contributed by atoms with Crippen molar-refractivity contribution in [2.75, 3.05) is 18.9 Å². The number of rotatable bonds is 4. The van der Waals surface area contributed by atoms with Crippen LogP contribution in [0.15, 0.2) is 18.2 Å². The van der Waals surface area contributed by atoms with E-state index in [0.29, 0.717) is 6.54 Å². The Morgan fingerprint density at radius 3 is 2.29 bits per heavy atom. The maximum Gasteiger partial charge on any atom is 0.418 e. The van der Waals surface area contributed by atoms with Gasteiger partial charge in [0.05, 0.1) is 5.56 Å². The van der Waals surface area contributed by atoms with Crippen molar-refractivity contribution in [1.82, 2.24) is 5.32 Å². The second-order valence-electron chi connectivity index (χ2n) is 6.07. The number of carbonyl (C=O) groups is 1. The normalized spacial score (nSPS) is 12.1. The highest BCUT2D eigenvalue weighted by Gasteiger charge is 2.34. The van der Waals surface area contributed by atoms with Crippen LogP contribution in [-0.4, -0.2) is 19.5 Å². The fourth-order valence-electron chi connectivity index (χ4n) is 1.79. The summed E-state index contributed by atoms with van der Waals surface area (Å²) in [4.78, 5) is 11.9. The lowest BCUT2D eigenvalue weighted by atomic mass is 9.92. The molecule has 0 atom stereocenters. The van der Waals surface area contributed by atoms with Gasteiger partial charge in [-0.1, -0.05) is 20.8 Å². The Hall–Kier alpha value is -1.72. The summed E-state index contributed by atoms with van der Waals surface area (Å²) >= 11 is 0. The molecule has 0 saturated carbocycles. The number of carbonyl (C=O) groups excluding carboxylic acids is 1. The molecule has 2 N–H and O–H groups in total. The first-order valence-corrected chi connectivity index (χ1v) is 6.72. The molecule has 0 aliphatic carbocycles. The van der Waals surface area contributed by atoms with Crippen LogP contribution in [0.3, 0.4) is 0 Å². The van der Waals surface area contributed by atoms with Crippen molar-refractivity contribution in [3.63, 3.8) is 0 Å². The summed E-state index contributed by atoms with van der Waals surface area (Å²) in [5, 5.41) is 5.12. The van der Waals surface area contributed by atoms with Crippen molar-refractivity contribution in [3.05, 3.63) is 29.3 Å². The van der Waals surface area contributed by atoms with Gasteiger partial charge in [0, 0.05) is 24.8 Å². The Kier molecular flexibility index (Phi) is 5.25. The molecule has 0 aliphatic rings. The number of nitrogens with one attached hydrogen (secondary N) is 2. The van der Waals surface area contributed by atoms with E-state index in [9.17, 15) is 18.0 Å². The fourth-order valence-corrected chi connectivity index (χ4v) is 1.79. The van der Waals surface area contributed by atoms with E-state index in [1.54, 1.807) is 0 Å². The molecule has 0 aliphatic heterocycles. The lowest BCUT2D eigenvalue weighted by Gasteiger charge is -2.18. The SMILES string of the molecule is CNc1ccc(C(=O)NCCC(C)(C)C)cc1C(F)(F)F. The maximum atomic E-state index is 12.9. The van der Waals surface area contributed by atoms with E-state index in [1.165, 1.54) is 19.2 Å². The monoisotopic (exact) mass is 302 g/mol. The van der Waals surface area contributed by atoms with Crippen LogP contribution < -0.4 is 10.6 Å². The highest BCUT2D eigenvalue weighted by atomic mass is 19.4. The molecular formula is C15H21F3N2O. The van der Waals surface area contributed by atoms with E-state index >= 15 is 0 Å². The summed E-state index contributed by atoms with van der Waals surface area (Å²) in [6, 6.07) is 3.52. The third-order valence-electron chi connectivity index (χ3n) is 3.02. The van der Waals surface area contributed by atoms with Gasteiger partial charge in [-0.05, 0) is 30.0 Å². The third kappa shape index (κ3) is 5.28. The second-order valence-corrected chi connectivity index (χ2v) is 6.07. The van der Waals surface area contributed by atoms with Gasteiger partial charge >= 0.3 is 6.18 Å². The van der Waals surface area contributed by atoms with Crippen LogP contribution in [0.2, 0.25) is 0 Å². The summed E-state index contributed by atoms with van der Waals surface area (Å²) in [5.74, 6) is -0.493. The molecule has 0 radical (unpaired) electrons. The first-order valence-electron chi connectivity index (χ1n) is 6.72. The van der Waals surface area contributed by atoms with Crippen molar-refractivity contribution in [2.24, 2.45) is 5.41 Å². The number of amides is 1. The maximum absolute atomic E-state index is 12.9. The van der Waals surface area contributed by atoms with E-state index in [2.05, 4.69) is 10.6 Å². The van der Waals surface area contributed by atoms with E-state index < -0.39 is 17.6 Å². The number of hydrogen-bond donors (Lipinski definition) is 2. The first kappa shape index (κ1) is 17.3. The molecule has 1 aromatic carbocycles. The molecule has 0 spiro atoms. The minimum atomic E-state index is -4.50. The zero-order valence-corrected chi connectivity index (χ0v) is 12.7. The van der Waals surface area contributed by atoms with Gasteiger partial charge in [-0.15, -0.1) is 0 Å². The van der Waals surface area contributed by atoms with E-state index in [4.69, 9.17) is 0 Å². The van der Waals surface area contributed by atoms with Crippen LogP contribution in [-0.2, 0) is 6.18 Å². The van der Waals surface area contributed by atoms with Crippen LogP contribution in [0.1, 0.15) is 43.1 Å². The molecule has 1 rings (SSSR count). The quantitative estimate of drug-likeness (QED) is 0.885. The van der Waals surface area contributed by atoms with Crippen molar-refractivity contribution in [2.45, 2.75) is 33.4 Å². The number of alkyl halides is 3. The molecule has 3 nitrogen and oxygen atoms in total. The Morgan fingerprint density at radius 2 is 1.81 bits per heavy atom. The summed E-state index contributed by atoms with van der Waals surface area (Å²) in [7, 11) is 1.41.